The minimum Gasteiger partial charge on any atom is -0.493 e. The Hall–Kier alpha value is -4.59. The number of fused-ring (bicyclic) bond motifs is 3. The number of aromatic nitrogens is 1. The second kappa shape index (κ2) is 9.58. The number of carbonyl (C=O) groups excluding carboxylic acids is 1. The minimum atomic E-state index is -0.563. The molecule has 0 unspecified atom stereocenters. The van der Waals surface area contributed by atoms with Gasteiger partial charge in [-0.3, -0.25) is 0 Å². The highest BCUT2D eigenvalue weighted by Crippen LogP contribution is 2.31. The lowest BCUT2D eigenvalue weighted by molar-refractivity contribution is 0.0473. The van der Waals surface area contributed by atoms with E-state index in [1.165, 1.54) is 13.2 Å². The Bertz CT molecular complexity index is 1630. The normalized spacial score (nSPS) is 11.1. The van der Waals surface area contributed by atoms with Crippen molar-refractivity contribution in [1.82, 2.24) is 5.16 Å². The van der Waals surface area contributed by atoms with Crippen LogP contribution in [-0.4, -0.2) is 18.2 Å². The van der Waals surface area contributed by atoms with Gasteiger partial charge in [0.1, 0.15) is 24.6 Å². The van der Waals surface area contributed by atoms with Crippen molar-refractivity contribution in [2.24, 2.45) is 0 Å². The molecule has 0 bridgehead atoms. The largest absolute Gasteiger partial charge is 0.493 e. The Labute approximate surface area is 206 Å². The molecule has 0 aliphatic rings. The third kappa shape index (κ3) is 4.40. The predicted molar refractivity (Wildman–Crippen MR) is 132 cm³/mol. The first-order valence-corrected chi connectivity index (χ1v) is 11.3. The Morgan fingerprint density at radius 3 is 2.58 bits per heavy atom. The Balaban J connectivity index is 1.37. The van der Waals surface area contributed by atoms with Gasteiger partial charge < -0.3 is 23.2 Å². The number of benzene rings is 3. The van der Waals surface area contributed by atoms with Gasteiger partial charge in [0.2, 0.25) is 0 Å². The third-order valence-corrected chi connectivity index (χ3v) is 6.03. The van der Waals surface area contributed by atoms with Crippen LogP contribution >= 0.6 is 0 Å². The molecule has 182 valence electrons. The van der Waals surface area contributed by atoms with E-state index in [2.05, 4.69) is 5.16 Å². The lowest BCUT2D eigenvalue weighted by Gasteiger charge is -2.13. The van der Waals surface area contributed by atoms with Crippen molar-refractivity contribution in [1.29, 1.82) is 0 Å². The van der Waals surface area contributed by atoms with E-state index in [-0.39, 0.29) is 18.8 Å². The quantitative estimate of drug-likeness (QED) is 0.169. The molecule has 5 aromatic rings. The molecule has 2 heterocycles. The summed E-state index contributed by atoms with van der Waals surface area (Å²) >= 11 is 0. The molecule has 0 saturated heterocycles. The van der Waals surface area contributed by atoms with Gasteiger partial charge >= 0.3 is 11.6 Å². The van der Waals surface area contributed by atoms with E-state index in [0.29, 0.717) is 28.4 Å². The van der Waals surface area contributed by atoms with Crippen molar-refractivity contribution in [2.45, 2.75) is 27.1 Å². The van der Waals surface area contributed by atoms with Gasteiger partial charge in [0, 0.05) is 17.0 Å². The Kier molecular flexibility index (Phi) is 6.16. The summed E-state index contributed by atoms with van der Waals surface area (Å²) in [6.07, 6.45) is 0. The van der Waals surface area contributed by atoms with Crippen LogP contribution in [0, 0.1) is 13.8 Å². The van der Waals surface area contributed by atoms with Crippen LogP contribution in [0.2, 0.25) is 0 Å². The number of esters is 1. The highest BCUT2D eigenvalue weighted by molar-refractivity contribution is 6.07. The summed E-state index contributed by atoms with van der Waals surface area (Å²) in [4.78, 5) is 25.0. The van der Waals surface area contributed by atoms with Crippen LogP contribution in [-0.2, 0) is 18.0 Å². The van der Waals surface area contributed by atoms with E-state index in [1.807, 2.05) is 44.2 Å². The first kappa shape index (κ1) is 23.2. The van der Waals surface area contributed by atoms with Gasteiger partial charge in [-0.15, -0.1) is 0 Å². The second-order valence-corrected chi connectivity index (χ2v) is 8.28. The first-order valence-electron chi connectivity index (χ1n) is 11.3. The van der Waals surface area contributed by atoms with Crippen LogP contribution in [0.4, 0.5) is 0 Å². The molecule has 5 rings (SSSR count). The zero-order valence-corrected chi connectivity index (χ0v) is 20.0. The van der Waals surface area contributed by atoms with E-state index in [0.717, 1.165) is 27.4 Å². The molecule has 3 aromatic carbocycles. The predicted octanol–water partition coefficient (Wildman–Crippen LogP) is 5.50. The number of hydrogen-bond donors (Lipinski definition) is 0. The topological polar surface area (TPSA) is 101 Å². The number of ether oxygens (including phenoxy) is 3. The van der Waals surface area contributed by atoms with E-state index in [4.69, 9.17) is 23.2 Å². The summed E-state index contributed by atoms with van der Waals surface area (Å²) in [7, 11) is 1.49. The number of aryl methyl sites for hydroxylation is 2. The summed E-state index contributed by atoms with van der Waals surface area (Å²) in [6.45, 7) is 3.81. The Morgan fingerprint density at radius 2 is 1.81 bits per heavy atom. The third-order valence-electron chi connectivity index (χ3n) is 6.03. The summed E-state index contributed by atoms with van der Waals surface area (Å²) in [5, 5.41) is 6.56. The number of hydrogen-bond acceptors (Lipinski definition) is 8. The van der Waals surface area contributed by atoms with E-state index < -0.39 is 11.6 Å². The number of carbonyl (C=O) groups is 1. The standard InChI is InChI=1S/C28H23NO7/c1-16-22(17(2)36-29-16)15-33-23-10-9-19(12-25(23)32-3)28(31)34-14-20-13-26(30)35-24-11-8-18-6-4-5-7-21(18)27(20)24/h4-13H,14-15H2,1-3H3. The molecular formula is C28H23NO7. The first-order chi connectivity index (χ1) is 17.4. The maximum absolute atomic E-state index is 12.9. The van der Waals surface area contributed by atoms with Crippen LogP contribution in [0.3, 0.4) is 0 Å². The Morgan fingerprint density at radius 1 is 0.972 bits per heavy atom. The van der Waals surface area contributed by atoms with Gasteiger partial charge in [-0.1, -0.05) is 35.5 Å². The highest BCUT2D eigenvalue weighted by atomic mass is 16.5. The van der Waals surface area contributed by atoms with Gasteiger partial charge in [-0.2, -0.15) is 0 Å². The maximum atomic E-state index is 12.9. The lowest BCUT2D eigenvalue weighted by Crippen LogP contribution is -2.09. The SMILES string of the molecule is COc1cc(C(=O)OCc2cc(=O)oc3ccc4ccccc4c23)ccc1OCc1c(C)noc1C. The highest BCUT2D eigenvalue weighted by Gasteiger charge is 2.16. The maximum Gasteiger partial charge on any atom is 0.338 e. The summed E-state index contributed by atoms with van der Waals surface area (Å²) < 4.78 is 27.4. The van der Waals surface area contributed by atoms with Gasteiger partial charge in [-0.25, -0.2) is 9.59 Å². The molecule has 0 amide bonds. The van der Waals surface area contributed by atoms with Gasteiger partial charge in [0.05, 0.1) is 23.9 Å². The zero-order chi connectivity index (χ0) is 25.2. The molecule has 0 aliphatic carbocycles. The van der Waals surface area contributed by atoms with Crippen molar-refractivity contribution in [3.05, 3.63) is 99.2 Å². The average Bonchev–Trinajstić information content (AvgIpc) is 3.21. The number of methoxy groups -OCH3 is 1. The lowest BCUT2D eigenvalue weighted by atomic mass is 10.0. The monoisotopic (exact) mass is 485 g/mol. The fraction of sp³-hybridized carbons (Fsp3) is 0.179. The molecule has 0 atom stereocenters. The van der Waals surface area contributed by atoms with E-state index in [1.54, 1.807) is 24.3 Å². The van der Waals surface area contributed by atoms with Crippen molar-refractivity contribution < 1.29 is 27.9 Å². The molecule has 0 radical (unpaired) electrons. The van der Waals surface area contributed by atoms with Crippen LogP contribution < -0.4 is 15.1 Å². The molecule has 8 nitrogen and oxygen atoms in total. The molecule has 2 aromatic heterocycles. The fourth-order valence-corrected chi connectivity index (χ4v) is 4.13. The van der Waals surface area contributed by atoms with Gasteiger partial charge in [0.25, 0.3) is 0 Å². The van der Waals surface area contributed by atoms with Crippen LogP contribution in [0.25, 0.3) is 21.7 Å². The summed E-state index contributed by atoms with van der Waals surface area (Å²) in [5.74, 6) is 0.967. The van der Waals surface area contributed by atoms with Crippen LogP contribution in [0.5, 0.6) is 11.5 Å². The molecular weight excluding hydrogens is 462 g/mol. The van der Waals surface area contributed by atoms with Crippen LogP contribution in [0.15, 0.2) is 74.4 Å². The van der Waals surface area contributed by atoms with Crippen molar-refractivity contribution in [3.63, 3.8) is 0 Å². The molecule has 0 spiro atoms. The minimum absolute atomic E-state index is 0.0957. The summed E-state index contributed by atoms with van der Waals surface area (Å²) in [5.41, 5.74) is 2.39. The molecule has 0 fully saturated rings. The molecule has 36 heavy (non-hydrogen) atoms. The second-order valence-electron chi connectivity index (χ2n) is 8.28. The van der Waals surface area contributed by atoms with Crippen molar-refractivity contribution in [2.75, 3.05) is 7.11 Å². The molecule has 8 heteroatoms. The number of nitrogens with zero attached hydrogens (tertiary/aromatic N) is 1. The van der Waals surface area contributed by atoms with Crippen LogP contribution in [0.1, 0.15) is 32.9 Å². The van der Waals surface area contributed by atoms with E-state index >= 15 is 0 Å². The molecule has 0 N–H and O–H groups in total. The summed E-state index contributed by atoms with van der Waals surface area (Å²) in [6, 6.07) is 17.5. The van der Waals surface area contributed by atoms with Gasteiger partial charge in [0.15, 0.2) is 11.5 Å². The fourth-order valence-electron chi connectivity index (χ4n) is 4.13. The van der Waals surface area contributed by atoms with Crippen molar-refractivity contribution >= 4 is 27.7 Å². The smallest absolute Gasteiger partial charge is 0.338 e. The molecule has 0 aliphatic heterocycles. The average molecular weight is 485 g/mol. The van der Waals surface area contributed by atoms with E-state index in [9.17, 15) is 9.59 Å². The van der Waals surface area contributed by atoms with Crippen molar-refractivity contribution in [3.8, 4) is 11.5 Å². The zero-order valence-electron chi connectivity index (χ0n) is 20.0. The molecule has 0 saturated carbocycles. The van der Waals surface area contributed by atoms with Gasteiger partial charge in [-0.05, 0) is 48.9 Å². The number of rotatable bonds is 7.